The fraction of sp³-hybridized carbons (Fsp3) is 0.600. The third kappa shape index (κ3) is 8.26. The summed E-state index contributed by atoms with van der Waals surface area (Å²) in [5.41, 5.74) is 0.727. The second-order valence-electron chi connectivity index (χ2n) is 4.93. The van der Waals surface area contributed by atoms with Gasteiger partial charge in [0.25, 0.3) is 0 Å². The Morgan fingerprint density at radius 1 is 0.857 bits per heavy atom. The van der Waals surface area contributed by atoms with Crippen molar-refractivity contribution in [1.82, 2.24) is 0 Å². The second kappa shape index (κ2) is 10.8. The van der Waals surface area contributed by atoms with Crippen molar-refractivity contribution >= 4 is 9.53 Å². The van der Waals surface area contributed by atoms with Crippen LogP contribution in [0.4, 0.5) is 8.78 Å². The summed E-state index contributed by atoms with van der Waals surface area (Å²) in [6.07, 6.45) is 5.85. The van der Waals surface area contributed by atoms with E-state index in [1.807, 2.05) is 0 Å². The molecule has 0 saturated carbocycles. The van der Waals surface area contributed by atoms with Crippen LogP contribution in [0.15, 0.2) is 18.2 Å². The zero-order valence-corrected chi connectivity index (χ0v) is 13.9. The molecule has 1 aromatic carbocycles. The van der Waals surface area contributed by atoms with E-state index in [4.69, 9.17) is 13.3 Å². The van der Waals surface area contributed by atoms with Crippen LogP contribution in [0.1, 0.15) is 37.7 Å². The first-order valence-corrected chi connectivity index (χ1v) is 8.69. The van der Waals surface area contributed by atoms with Crippen LogP contribution in [0, 0.1) is 11.6 Å². The average molecular weight is 318 g/mol. The minimum Gasteiger partial charge on any atom is -0.379 e. The van der Waals surface area contributed by atoms with Crippen molar-refractivity contribution in [3.63, 3.8) is 0 Å². The quantitative estimate of drug-likeness (QED) is 0.462. The van der Waals surface area contributed by atoms with Gasteiger partial charge in [-0.25, -0.2) is 8.78 Å². The summed E-state index contributed by atoms with van der Waals surface area (Å²) >= 11 is 0. The number of halogens is 2. The van der Waals surface area contributed by atoms with E-state index in [9.17, 15) is 8.78 Å². The maximum Gasteiger partial charge on any atom is 0.483 e. The van der Waals surface area contributed by atoms with E-state index in [1.165, 1.54) is 12.1 Å². The molecule has 6 heteroatoms. The SMILES string of the molecule is CO[SiH](OC)OCCCCCCCc1cc(F)cc(F)c1. The van der Waals surface area contributed by atoms with Gasteiger partial charge in [0.15, 0.2) is 0 Å². The monoisotopic (exact) mass is 318 g/mol. The molecule has 0 bridgehead atoms. The molecule has 120 valence electrons. The normalized spacial score (nSPS) is 11.3. The molecular formula is C15H24F2O3Si. The highest BCUT2D eigenvalue weighted by molar-refractivity contribution is 6.36. The zero-order valence-electron chi connectivity index (χ0n) is 12.7. The largest absolute Gasteiger partial charge is 0.483 e. The molecule has 0 atom stereocenters. The van der Waals surface area contributed by atoms with Crippen molar-refractivity contribution in [2.24, 2.45) is 0 Å². The lowest BCUT2D eigenvalue weighted by atomic mass is 10.1. The molecular weight excluding hydrogens is 294 g/mol. The van der Waals surface area contributed by atoms with Crippen molar-refractivity contribution in [1.29, 1.82) is 0 Å². The van der Waals surface area contributed by atoms with E-state index in [0.29, 0.717) is 13.0 Å². The molecule has 1 rings (SSSR count). The predicted molar refractivity (Wildman–Crippen MR) is 80.3 cm³/mol. The zero-order chi connectivity index (χ0) is 15.5. The van der Waals surface area contributed by atoms with Crippen LogP contribution in [0.3, 0.4) is 0 Å². The summed E-state index contributed by atoms with van der Waals surface area (Å²) in [5, 5.41) is 0. The number of unbranched alkanes of at least 4 members (excludes halogenated alkanes) is 4. The molecule has 0 unspecified atom stereocenters. The van der Waals surface area contributed by atoms with Gasteiger partial charge in [-0.15, -0.1) is 0 Å². The summed E-state index contributed by atoms with van der Waals surface area (Å²) < 4.78 is 41.5. The Kier molecular flexibility index (Phi) is 9.41. The van der Waals surface area contributed by atoms with Gasteiger partial charge >= 0.3 is 9.53 Å². The molecule has 0 saturated heterocycles. The predicted octanol–water partition coefficient (Wildman–Crippen LogP) is 3.48. The highest BCUT2D eigenvalue weighted by Crippen LogP contribution is 2.12. The highest BCUT2D eigenvalue weighted by atomic mass is 28.3. The fourth-order valence-electron chi connectivity index (χ4n) is 2.13. The van der Waals surface area contributed by atoms with Gasteiger partial charge in [0.2, 0.25) is 0 Å². The van der Waals surface area contributed by atoms with Crippen LogP contribution in [0.25, 0.3) is 0 Å². The molecule has 0 fully saturated rings. The maximum absolute atomic E-state index is 13.0. The number of hydrogen-bond donors (Lipinski definition) is 0. The van der Waals surface area contributed by atoms with E-state index in [2.05, 4.69) is 0 Å². The highest BCUT2D eigenvalue weighted by Gasteiger charge is 2.09. The van der Waals surface area contributed by atoms with Crippen LogP contribution in [0.2, 0.25) is 0 Å². The van der Waals surface area contributed by atoms with Gasteiger partial charge in [0, 0.05) is 26.9 Å². The summed E-state index contributed by atoms with van der Waals surface area (Å²) in [6, 6.07) is 3.70. The first-order valence-electron chi connectivity index (χ1n) is 7.28. The molecule has 0 heterocycles. The molecule has 0 radical (unpaired) electrons. The number of rotatable bonds is 11. The number of benzene rings is 1. The molecule has 1 aromatic rings. The number of hydrogen-bond acceptors (Lipinski definition) is 3. The van der Waals surface area contributed by atoms with Crippen LogP contribution < -0.4 is 0 Å². The van der Waals surface area contributed by atoms with Gasteiger partial charge in [-0.05, 0) is 37.0 Å². The van der Waals surface area contributed by atoms with E-state index in [1.54, 1.807) is 14.2 Å². The Labute approximate surface area is 127 Å². The summed E-state index contributed by atoms with van der Waals surface area (Å²) in [6.45, 7) is 0.660. The van der Waals surface area contributed by atoms with Crippen molar-refractivity contribution < 1.29 is 22.1 Å². The minimum atomic E-state index is -1.88. The summed E-state index contributed by atoms with van der Waals surface area (Å²) in [5.74, 6) is -1.01. The number of aryl methyl sites for hydroxylation is 1. The first-order chi connectivity index (χ1) is 10.2. The third-order valence-electron chi connectivity index (χ3n) is 3.17. The van der Waals surface area contributed by atoms with E-state index < -0.39 is 21.2 Å². The van der Waals surface area contributed by atoms with Crippen molar-refractivity contribution in [3.05, 3.63) is 35.4 Å². The lowest BCUT2D eigenvalue weighted by molar-refractivity contribution is 0.133. The fourth-order valence-corrected chi connectivity index (χ4v) is 2.95. The topological polar surface area (TPSA) is 27.7 Å². The van der Waals surface area contributed by atoms with Gasteiger partial charge in [-0.1, -0.05) is 19.3 Å². The smallest absolute Gasteiger partial charge is 0.379 e. The molecule has 0 aliphatic carbocycles. The average Bonchev–Trinajstić information content (AvgIpc) is 2.45. The van der Waals surface area contributed by atoms with Gasteiger partial charge < -0.3 is 13.3 Å². The minimum absolute atomic E-state index is 0.503. The van der Waals surface area contributed by atoms with Gasteiger partial charge in [0.05, 0.1) is 0 Å². The molecule has 0 aliphatic rings. The van der Waals surface area contributed by atoms with Crippen LogP contribution in [-0.4, -0.2) is 30.4 Å². The Balaban J connectivity index is 2.02. The van der Waals surface area contributed by atoms with Gasteiger partial charge in [-0.3, -0.25) is 0 Å². The molecule has 0 spiro atoms. The second-order valence-corrected chi connectivity index (χ2v) is 6.78. The summed E-state index contributed by atoms with van der Waals surface area (Å²) in [7, 11) is 1.31. The molecule has 21 heavy (non-hydrogen) atoms. The van der Waals surface area contributed by atoms with Crippen LogP contribution in [0.5, 0.6) is 0 Å². The van der Waals surface area contributed by atoms with Crippen molar-refractivity contribution in [3.8, 4) is 0 Å². The van der Waals surface area contributed by atoms with Crippen LogP contribution in [-0.2, 0) is 19.7 Å². The molecule has 0 aliphatic heterocycles. The Morgan fingerprint density at radius 3 is 2.05 bits per heavy atom. The van der Waals surface area contributed by atoms with Crippen molar-refractivity contribution in [2.45, 2.75) is 38.5 Å². The van der Waals surface area contributed by atoms with Gasteiger partial charge in [0.1, 0.15) is 11.6 Å². The first kappa shape index (κ1) is 18.2. The van der Waals surface area contributed by atoms with E-state index >= 15 is 0 Å². The van der Waals surface area contributed by atoms with E-state index in [0.717, 1.165) is 43.7 Å². The van der Waals surface area contributed by atoms with Gasteiger partial charge in [-0.2, -0.15) is 0 Å². The Bertz CT molecular complexity index is 380. The molecule has 3 nitrogen and oxygen atoms in total. The lowest BCUT2D eigenvalue weighted by Crippen LogP contribution is -2.24. The Morgan fingerprint density at radius 2 is 1.43 bits per heavy atom. The Hall–Kier alpha value is -0.823. The summed E-state index contributed by atoms with van der Waals surface area (Å²) in [4.78, 5) is 0. The lowest BCUT2D eigenvalue weighted by Gasteiger charge is -2.11. The molecule has 0 N–H and O–H groups in total. The third-order valence-corrected chi connectivity index (χ3v) is 4.45. The van der Waals surface area contributed by atoms with Crippen molar-refractivity contribution in [2.75, 3.05) is 20.8 Å². The molecule has 0 amide bonds. The van der Waals surface area contributed by atoms with E-state index in [-0.39, 0.29) is 0 Å². The molecule has 0 aromatic heterocycles. The van der Waals surface area contributed by atoms with Crippen LogP contribution >= 0.6 is 0 Å². The standard InChI is InChI=1S/C15H24F2O3Si/c1-18-21(19-2)20-9-7-5-3-4-6-8-13-10-14(16)12-15(17)11-13/h10-12,21H,3-9H2,1-2H3. The maximum atomic E-state index is 13.0.